The molecule has 0 saturated heterocycles. The molecule has 1 fully saturated rings. The Morgan fingerprint density at radius 1 is 1.50 bits per heavy atom. The number of rotatable bonds is 3. The lowest BCUT2D eigenvalue weighted by molar-refractivity contribution is -0.120. The van der Waals surface area contributed by atoms with Gasteiger partial charge in [-0.15, -0.1) is 0 Å². The van der Waals surface area contributed by atoms with E-state index in [1.54, 1.807) is 6.07 Å². The minimum absolute atomic E-state index is 0.0510. The van der Waals surface area contributed by atoms with Crippen LogP contribution < -0.4 is 11.1 Å². The number of nitrogens with two attached hydrogens (primary N) is 1. The minimum Gasteiger partial charge on any atom is -0.330 e. The Balaban J connectivity index is 2.04. The van der Waals surface area contributed by atoms with Crippen LogP contribution in [0.2, 0.25) is 5.02 Å². The first-order chi connectivity index (χ1) is 8.61. The first kappa shape index (κ1) is 13.4. The van der Waals surface area contributed by atoms with Crippen LogP contribution in [0.3, 0.4) is 0 Å². The number of benzene rings is 1. The monoisotopic (exact) mass is 266 g/mol. The van der Waals surface area contributed by atoms with Crippen molar-refractivity contribution in [2.45, 2.75) is 26.2 Å². The van der Waals surface area contributed by atoms with E-state index in [2.05, 4.69) is 5.32 Å². The van der Waals surface area contributed by atoms with E-state index >= 15 is 0 Å². The van der Waals surface area contributed by atoms with Crippen LogP contribution in [0.5, 0.6) is 0 Å². The number of halogens is 1. The zero-order valence-corrected chi connectivity index (χ0v) is 11.3. The Morgan fingerprint density at radius 2 is 2.28 bits per heavy atom. The Morgan fingerprint density at radius 3 is 2.94 bits per heavy atom. The summed E-state index contributed by atoms with van der Waals surface area (Å²) in [6.07, 6.45) is 3.09. The van der Waals surface area contributed by atoms with E-state index in [0.29, 0.717) is 17.5 Å². The summed E-state index contributed by atoms with van der Waals surface area (Å²) in [5.74, 6) is 0.448. The van der Waals surface area contributed by atoms with Crippen molar-refractivity contribution < 1.29 is 4.79 Å². The molecule has 3 N–H and O–H groups in total. The van der Waals surface area contributed by atoms with E-state index in [4.69, 9.17) is 17.3 Å². The van der Waals surface area contributed by atoms with Crippen molar-refractivity contribution in [1.29, 1.82) is 0 Å². The molecule has 2 rings (SSSR count). The van der Waals surface area contributed by atoms with Crippen LogP contribution in [-0.2, 0) is 4.79 Å². The molecule has 0 spiro atoms. The van der Waals surface area contributed by atoms with Crippen molar-refractivity contribution in [1.82, 2.24) is 0 Å². The topological polar surface area (TPSA) is 55.1 Å². The van der Waals surface area contributed by atoms with Gasteiger partial charge in [-0.25, -0.2) is 0 Å². The van der Waals surface area contributed by atoms with E-state index in [1.807, 2.05) is 19.1 Å². The Hall–Kier alpha value is -1.06. The van der Waals surface area contributed by atoms with Gasteiger partial charge >= 0.3 is 0 Å². The first-order valence-corrected chi connectivity index (χ1v) is 6.76. The normalized spacial score (nSPS) is 23.1. The lowest BCUT2D eigenvalue weighted by atomic mass is 9.95. The van der Waals surface area contributed by atoms with Crippen LogP contribution >= 0.6 is 11.6 Å². The number of anilines is 1. The van der Waals surface area contributed by atoms with Gasteiger partial charge in [0.2, 0.25) is 5.91 Å². The van der Waals surface area contributed by atoms with Crippen LogP contribution in [0.15, 0.2) is 18.2 Å². The molecular weight excluding hydrogens is 248 g/mol. The van der Waals surface area contributed by atoms with Gasteiger partial charge in [0, 0.05) is 16.6 Å². The molecule has 1 aliphatic rings. The van der Waals surface area contributed by atoms with Crippen LogP contribution in [0, 0.1) is 18.8 Å². The predicted octanol–water partition coefficient (Wildman–Crippen LogP) is 2.96. The minimum atomic E-state index is 0.0510. The molecule has 2 atom stereocenters. The quantitative estimate of drug-likeness (QED) is 0.884. The van der Waals surface area contributed by atoms with E-state index < -0.39 is 0 Å². The lowest BCUT2D eigenvalue weighted by Gasteiger charge is -2.17. The van der Waals surface area contributed by atoms with Crippen molar-refractivity contribution >= 4 is 23.2 Å². The van der Waals surface area contributed by atoms with E-state index in [9.17, 15) is 4.79 Å². The van der Waals surface area contributed by atoms with Crippen LogP contribution in [0.25, 0.3) is 0 Å². The van der Waals surface area contributed by atoms with Crippen molar-refractivity contribution in [3.63, 3.8) is 0 Å². The summed E-state index contributed by atoms with van der Waals surface area (Å²) in [5.41, 5.74) is 7.47. The van der Waals surface area contributed by atoms with Crippen LogP contribution in [0.1, 0.15) is 24.8 Å². The summed E-state index contributed by atoms with van der Waals surface area (Å²) in [4.78, 5) is 12.2. The lowest BCUT2D eigenvalue weighted by Crippen LogP contribution is -2.29. The summed E-state index contributed by atoms with van der Waals surface area (Å²) in [7, 11) is 0. The predicted molar refractivity (Wildman–Crippen MR) is 74.7 cm³/mol. The van der Waals surface area contributed by atoms with Gasteiger partial charge in [0.05, 0.1) is 0 Å². The molecule has 0 heterocycles. The maximum Gasteiger partial charge on any atom is 0.227 e. The molecule has 4 heteroatoms. The fourth-order valence-corrected chi connectivity index (χ4v) is 2.75. The van der Waals surface area contributed by atoms with Crippen LogP contribution in [0.4, 0.5) is 5.69 Å². The van der Waals surface area contributed by atoms with Gasteiger partial charge in [0.15, 0.2) is 0 Å². The molecule has 1 amide bonds. The molecule has 0 aliphatic heterocycles. The molecule has 1 aromatic rings. The Labute approximate surface area is 113 Å². The number of carbonyl (C=O) groups is 1. The molecule has 18 heavy (non-hydrogen) atoms. The second-order valence-corrected chi connectivity index (χ2v) is 5.39. The average molecular weight is 267 g/mol. The van der Waals surface area contributed by atoms with Crippen molar-refractivity contribution in [2.24, 2.45) is 17.6 Å². The first-order valence-electron chi connectivity index (χ1n) is 6.39. The molecule has 1 saturated carbocycles. The highest BCUT2D eigenvalue weighted by Gasteiger charge is 2.31. The second-order valence-electron chi connectivity index (χ2n) is 4.99. The molecule has 0 radical (unpaired) electrons. The highest BCUT2D eigenvalue weighted by molar-refractivity contribution is 6.31. The molecule has 3 nitrogen and oxygen atoms in total. The fraction of sp³-hybridized carbons (Fsp3) is 0.500. The highest BCUT2D eigenvalue weighted by atomic mass is 35.5. The third kappa shape index (κ3) is 2.85. The van der Waals surface area contributed by atoms with Gasteiger partial charge in [0.1, 0.15) is 0 Å². The summed E-state index contributed by atoms with van der Waals surface area (Å²) in [5, 5.41) is 3.61. The summed E-state index contributed by atoms with van der Waals surface area (Å²) in [6.45, 7) is 2.53. The van der Waals surface area contributed by atoms with Gasteiger partial charge in [-0.3, -0.25) is 4.79 Å². The van der Waals surface area contributed by atoms with E-state index in [-0.39, 0.29) is 11.8 Å². The Bertz CT molecular complexity index is 447. The molecular formula is C14H19ClN2O. The summed E-state index contributed by atoms with van der Waals surface area (Å²) in [6, 6.07) is 5.58. The van der Waals surface area contributed by atoms with Gasteiger partial charge in [0.25, 0.3) is 0 Å². The van der Waals surface area contributed by atoms with Crippen molar-refractivity contribution in [2.75, 3.05) is 11.9 Å². The smallest absolute Gasteiger partial charge is 0.227 e. The average Bonchev–Trinajstić information content (AvgIpc) is 2.82. The molecule has 0 aromatic heterocycles. The van der Waals surface area contributed by atoms with Crippen molar-refractivity contribution in [3.05, 3.63) is 28.8 Å². The third-order valence-corrected chi connectivity index (χ3v) is 4.15. The van der Waals surface area contributed by atoms with E-state index in [0.717, 1.165) is 30.5 Å². The van der Waals surface area contributed by atoms with Crippen LogP contribution in [-0.4, -0.2) is 12.5 Å². The van der Waals surface area contributed by atoms with Gasteiger partial charge < -0.3 is 11.1 Å². The molecule has 98 valence electrons. The molecule has 1 aromatic carbocycles. The highest BCUT2D eigenvalue weighted by Crippen LogP contribution is 2.32. The molecule has 1 aliphatic carbocycles. The van der Waals surface area contributed by atoms with Gasteiger partial charge in [-0.2, -0.15) is 0 Å². The second kappa shape index (κ2) is 5.72. The fourth-order valence-electron chi connectivity index (χ4n) is 2.57. The number of hydrogen-bond acceptors (Lipinski definition) is 2. The number of carbonyl (C=O) groups excluding carboxylic acids is 1. The number of hydrogen-bond donors (Lipinski definition) is 2. The zero-order valence-electron chi connectivity index (χ0n) is 10.6. The zero-order chi connectivity index (χ0) is 13.1. The molecule has 2 unspecified atom stereocenters. The standard InChI is InChI=1S/C14H19ClN2O/c1-9-5-6-11(7-13(9)15)17-14(18)12-4-2-3-10(12)8-16/h5-7,10,12H,2-4,8,16H2,1H3,(H,17,18). The maximum atomic E-state index is 12.2. The third-order valence-electron chi connectivity index (χ3n) is 3.74. The number of aryl methyl sites for hydroxylation is 1. The maximum absolute atomic E-state index is 12.2. The van der Waals surface area contributed by atoms with E-state index in [1.165, 1.54) is 0 Å². The van der Waals surface area contributed by atoms with Crippen molar-refractivity contribution in [3.8, 4) is 0 Å². The van der Waals surface area contributed by atoms with Gasteiger partial charge in [-0.05, 0) is 49.9 Å². The summed E-state index contributed by atoms with van der Waals surface area (Å²) < 4.78 is 0. The largest absolute Gasteiger partial charge is 0.330 e. The van der Waals surface area contributed by atoms with Gasteiger partial charge in [-0.1, -0.05) is 24.1 Å². The summed E-state index contributed by atoms with van der Waals surface area (Å²) >= 11 is 6.04. The Kier molecular flexibility index (Phi) is 4.25. The number of amides is 1. The number of nitrogens with one attached hydrogen (secondary N) is 1. The molecule has 0 bridgehead atoms. The SMILES string of the molecule is Cc1ccc(NC(=O)C2CCCC2CN)cc1Cl.